The van der Waals surface area contributed by atoms with Gasteiger partial charge in [-0.1, -0.05) is 0 Å². The summed E-state index contributed by atoms with van der Waals surface area (Å²) in [5, 5.41) is 10.4. The fraction of sp³-hybridized carbons (Fsp3) is 0.429. The van der Waals surface area contributed by atoms with Gasteiger partial charge in [-0.15, -0.1) is 0 Å². The number of rotatable bonds is 5. The molecule has 0 aromatic carbocycles. The molecule has 10 heteroatoms. The normalized spacial score (nSPS) is 13.8. The SMILES string of the molecule is O=P(O)(O)CCC(c1nc[nH]n1)n1cncn1. The van der Waals surface area contributed by atoms with E-state index in [1.165, 1.54) is 23.7 Å². The minimum absolute atomic E-state index is 0.186. The molecule has 2 aromatic heterocycles. The van der Waals surface area contributed by atoms with Gasteiger partial charge in [-0.25, -0.2) is 14.6 Å². The fourth-order valence-corrected chi connectivity index (χ4v) is 2.01. The topological polar surface area (TPSA) is 130 Å². The van der Waals surface area contributed by atoms with Crippen LogP contribution in [-0.4, -0.2) is 45.9 Å². The lowest BCUT2D eigenvalue weighted by atomic mass is 10.2. The average molecular weight is 258 g/mol. The molecule has 0 saturated carbocycles. The number of nitrogens with one attached hydrogen (secondary N) is 1. The molecule has 1 unspecified atom stereocenters. The second-order valence-corrected chi connectivity index (χ2v) is 5.20. The summed E-state index contributed by atoms with van der Waals surface area (Å²) in [5.41, 5.74) is 0. The molecule has 0 bridgehead atoms. The number of hydrogen-bond acceptors (Lipinski definition) is 5. The standard InChI is InChI=1S/C7H11N6O3P/c14-17(15,16)2-1-6(7-9-4-10-12-7)13-5-8-3-11-13/h3-6H,1-2H2,(H,9,10,12)(H2,14,15,16). The van der Waals surface area contributed by atoms with Crippen LogP contribution in [0.3, 0.4) is 0 Å². The van der Waals surface area contributed by atoms with Crippen molar-refractivity contribution in [2.75, 3.05) is 6.16 Å². The molecule has 0 saturated heterocycles. The highest BCUT2D eigenvalue weighted by Crippen LogP contribution is 2.37. The Hall–Kier alpha value is -1.57. The molecule has 0 spiro atoms. The molecular formula is C7H11N6O3P. The largest absolute Gasteiger partial charge is 0.325 e. The molecule has 9 nitrogen and oxygen atoms in total. The second kappa shape index (κ2) is 4.74. The van der Waals surface area contributed by atoms with E-state index in [0.29, 0.717) is 5.82 Å². The Labute approximate surface area is 96.1 Å². The lowest BCUT2D eigenvalue weighted by Gasteiger charge is -2.13. The van der Waals surface area contributed by atoms with Crippen molar-refractivity contribution in [1.29, 1.82) is 0 Å². The fourth-order valence-electron chi connectivity index (χ4n) is 1.43. The van der Waals surface area contributed by atoms with Crippen molar-refractivity contribution >= 4 is 7.60 Å². The number of nitrogens with zero attached hydrogens (tertiary/aromatic N) is 5. The third-order valence-corrected chi connectivity index (χ3v) is 3.02. The molecule has 0 aliphatic rings. The zero-order chi connectivity index (χ0) is 12.3. The number of hydrogen-bond donors (Lipinski definition) is 3. The maximum absolute atomic E-state index is 10.9. The Kier molecular flexibility index (Phi) is 3.32. The summed E-state index contributed by atoms with van der Waals surface area (Å²) in [6.07, 6.45) is 4.13. The molecule has 0 aliphatic carbocycles. The summed E-state index contributed by atoms with van der Waals surface area (Å²) in [5.74, 6) is 0.420. The molecule has 2 rings (SSSR count). The number of aromatic amines is 1. The average Bonchev–Trinajstić information content (AvgIpc) is 2.86. The zero-order valence-corrected chi connectivity index (χ0v) is 9.60. The third kappa shape index (κ3) is 3.19. The Bertz CT molecular complexity index is 457. The molecule has 3 N–H and O–H groups in total. The van der Waals surface area contributed by atoms with Crippen LogP contribution >= 0.6 is 7.60 Å². The van der Waals surface area contributed by atoms with E-state index in [1.54, 1.807) is 0 Å². The summed E-state index contributed by atoms with van der Waals surface area (Å²) in [6.45, 7) is 0. The van der Waals surface area contributed by atoms with Crippen molar-refractivity contribution < 1.29 is 14.4 Å². The molecule has 0 aliphatic heterocycles. The zero-order valence-electron chi connectivity index (χ0n) is 8.71. The minimum atomic E-state index is -4.05. The van der Waals surface area contributed by atoms with Gasteiger partial charge >= 0.3 is 7.60 Å². The van der Waals surface area contributed by atoms with Crippen LogP contribution in [0, 0.1) is 0 Å². The van der Waals surface area contributed by atoms with E-state index in [4.69, 9.17) is 9.79 Å². The summed E-state index contributed by atoms with van der Waals surface area (Å²) >= 11 is 0. The van der Waals surface area contributed by atoms with Crippen LogP contribution in [0.15, 0.2) is 19.0 Å². The predicted molar refractivity (Wildman–Crippen MR) is 56.1 cm³/mol. The van der Waals surface area contributed by atoms with E-state index in [2.05, 4.69) is 25.3 Å². The van der Waals surface area contributed by atoms with Crippen molar-refractivity contribution in [2.24, 2.45) is 0 Å². The predicted octanol–water partition coefficient (Wildman–Crippen LogP) is -0.447. The van der Waals surface area contributed by atoms with Crippen LogP contribution in [-0.2, 0) is 4.57 Å². The lowest BCUT2D eigenvalue weighted by molar-refractivity contribution is 0.365. The van der Waals surface area contributed by atoms with Crippen LogP contribution in [0.5, 0.6) is 0 Å². The van der Waals surface area contributed by atoms with Crippen molar-refractivity contribution in [2.45, 2.75) is 12.5 Å². The first-order valence-corrected chi connectivity index (χ1v) is 6.60. The Morgan fingerprint density at radius 2 is 2.35 bits per heavy atom. The van der Waals surface area contributed by atoms with Gasteiger partial charge in [0.1, 0.15) is 25.0 Å². The smallest absolute Gasteiger partial charge is 0.324 e. The van der Waals surface area contributed by atoms with Gasteiger partial charge < -0.3 is 9.79 Å². The van der Waals surface area contributed by atoms with Gasteiger partial charge in [0.25, 0.3) is 0 Å². The van der Waals surface area contributed by atoms with Crippen molar-refractivity contribution in [3.05, 3.63) is 24.8 Å². The Morgan fingerprint density at radius 3 is 2.88 bits per heavy atom. The van der Waals surface area contributed by atoms with Gasteiger partial charge in [0.05, 0.1) is 6.16 Å². The van der Waals surface area contributed by atoms with Crippen LogP contribution in [0.2, 0.25) is 0 Å². The molecule has 1 atom stereocenters. The van der Waals surface area contributed by atoms with E-state index in [9.17, 15) is 4.57 Å². The highest BCUT2D eigenvalue weighted by atomic mass is 31.2. The van der Waals surface area contributed by atoms with E-state index < -0.39 is 13.6 Å². The first-order chi connectivity index (χ1) is 8.06. The van der Waals surface area contributed by atoms with E-state index in [0.717, 1.165) is 0 Å². The van der Waals surface area contributed by atoms with Crippen LogP contribution < -0.4 is 0 Å². The molecule has 0 radical (unpaired) electrons. The Balaban J connectivity index is 2.17. The summed E-state index contributed by atoms with van der Waals surface area (Å²) in [4.78, 5) is 25.5. The molecular weight excluding hydrogens is 247 g/mol. The quantitative estimate of drug-likeness (QED) is 0.619. The first-order valence-electron chi connectivity index (χ1n) is 4.80. The van der Waals surface area contributed by atoms with Gasteiger partial charge in [-0.2, -0.15) is 10.2 Å². The summed E-state index contributed by atoms with van der Waals surface area (Å²) in [7, 11) is -4.05. The van der Waals surface area contributed by atoms with Crippen LogP contribution in [0.25, 0.3) is 0 Å². The van der Waals surface area contributed by atoms with Gasteiger partial charge in [0.2, 0.25) is 0 Å². The third-order valence-electron chi connectivity index (χ3n) is 2.18. The molecule has 17 heavy (non-hydrogen) atoms. The van der Waals surface area contributed by atoms with Crippen LogP contribution in [0.4, 0.5) is 0 Å². The summed E-state index contributed by atoms with van der Waals surface area (Å²) in [6, 6.07) is -0.434. The van der Waals surface area contributed by atoms with E-state index in [1.807, 2.05) is 0 Å². The highest BCUT2D eigenvalue weighted by molar-refractivity contribution is 7.51. The van der Waals surface area contributed by atoms with E-state index >= 15 is 0 Å². The molecule has 92 valence electrons. The lowest BCUT2D eigenvalue weighted by Crippen LogP contribution is -2.14. The second-order valence-electron chi connectivity index (χ2n) is 3.43. The highest BCUT2D eigenvalue weighted by Gasteiger charge is 2.23. The van der Waals surface area contributed by atoms with Crippen LogP contribution in [0.1, 0.15) is 18.3 Å². The molecule has 0 fully saturated rings. The van der Waals surface area contributed by atoms with Gasteiger partial charge in [-0.05, 0) is 6.42 Å². The molecule has 2 heterocycles. The first kappa shape index (κ1) is 11.9. The van der Waals surface area contributed by atoms with Crippen molar-refractivity contribution in [3.63, 3.8) is 0 Å². The molecule has 0 amide bonds. The Morgan fingerprint density at radius 1 is 1.53 bits per heavy atom. The minimum Gasteiger partial charge on any atom is -0.324 e. The number of H-pyrrole nitrogens is 1. The molecule has 2 aromatic rings. The van der Waals surface area contributed by atoms with Gasteiger partial charge in [-0.3, -0.25) is 9.66 Å². The van der Waals surface area contributed by atoms with Crippen molar-refractivity contribution in [3.8, 4) is 0 Å². The van der Waals surface area contributed by atoms with E-state index in [-0.39, 0.29) is 12.6 Å². The maximum atomic E-state index is 10.9. The van der Waals surface area contributed by atoms with Gasteiger partial charge in [0.15, 0.2) is 5.82 Å². The van der Waals surface area contributed by atoms with Crippen molar-refractivity contribution in [1.82, 2.24) is 29.9 Å². The number of aromatic nitrogens is 6. The summed E-state index contributed by atoms with van der Waals surface area (Å²) < 4.78 is 12.3. The maximum Gasteiger partial charge on any atom is 0.325 e. The monoisotopic (exact) mass is 258 g/mol. The van der Waals surface area contributed by atoms with Gasteiger partial charge in [0, 0.05) is 0 Å².